The van der Waals surface area contributed by atoms with Crippen LogP contribution < -0.4 is 0 Å². The Morgan fingerprint density at radius 1 is 1.65 bits per heavy atom. The Morgan fingerprint density at radius 2 is 2.41 bits per heavy atom. The van der Waals surface area contributed by atoms with E-state index in [0.717, 1.165) is 12.2 Å². The van der Waals surface area contributed by atoms with Crippen molar-refractivity contribution in [1.29, 1.82) is 0 Å². The Hall–Kier alpha value is -0.880. The molecule has 0 aliphatic carbocycles. The third kappa shape index (κ3) is 2.24. The van der Waals surface area contributed by atoms with Crippen LogP contribution in [0.1, 0.15) is 37.9 Å². The van der Waals surface area contributed by atoms with Gasteiger partial charge in [-0.3, -0.25) is 4.79 Å². The van der Waals surface area contributed by atoms with Crippen LogP contribution in [0.2, 0.25) is 0 Å². The van der Waals surface area contributed by atoms with Gasteiger partial charge in [0.1, 0.15) is 11.5 Å². The SMILES string of the molecule is CCC(C)(OC)c1noc(C2CSCC2=O)n1. The number of methoxy groups -OCH3 is 1. The van der Waals surface area contributed by atoms with E-state index >= 15 is 0 Å². The minimum atomic E-state index is -0.545. The molecule has 94 valence electrons. The molecule has 0 N–H and O–H groups in total. The molecule has 0 radical (unpaired) electrons. The van der Waals surface area contributed by atoms with Crippen LogP contribution in [-0.2, 0) is 15.1 Å². The van der Waals surface area contributed by atoms with Gasteiger partial charge in [-0.1, -0.05) is 12.1 Å². The van der Waals surface area contributed by atoms with Gasteiger partial charge in [-0.2, -0.15) is 16.7 Å². The molecule has 1 aliphatic rings. The number of carbonyl (C=O) groups excluding carboxylic acids is 1. The summed E-state index contributed by atoms with van der Waals surface area (Å²) in [6.07, 6.45) is 0.746. The van der Waals surface area contributed by atoms with Gasteiger partial charge < -0.3 is 9.26 Å². The molecule has 0 aromatic carbocycles. The van der Waals surface area contributed by atoms with E-state index in [1.54, 1.807) is 18.9 Å². The van der Waals surface area contributed by atoms with Gasteiger partial charge in [0.2, 0.25) is 11.7 Å². The van der Waals surface area contributed by atoms with Gasteiger partial charge in [-0.05, 0) is 13.3 Å². The van der Waals surface area contributed by atoms with E-state index in [9.17, 15) is 4.79 Å². The fraction of sp³-hybridized carbons (Fsp3) is 0.727. The molecule has 5 nitrogen and oxygen atoms in total. The third-order valence-electron chi connectivity index (χ3n) is 3.26. The van der Waals surface area contributed by atoms with E-state index in [-0.39, 0.29) is 11.7 Å². The van der Waals surface area contributed by atoms with Gasteiger partial charge in [0.25, 0.3) is 0 Å². The minimum Gasteiger partial charge on any atom is -0.370 e. The molecule has 17 heavy (non-hydrogen) atoms. The lowest BCUT2D eigenvalue weighted by molar-refractivity contribution is -0.117. The number of ether oxygens (including phenoxy) is 1. The molecule has 0 bridgehead atoms. The summed E-state index contributed by atoms with van der Waals surface area (Å²) >= 11 is 1.60. The van der Waals surface area contributed by atoms with E-state index in [1.807, 2.05) is 13.8 Å². The maximum absolute atomic E-state index is 11.6. The Morgan fingerprint density at radius 3 is 2.94 bits per heavy atom. The third-order valence-corrected chi connectivity index (χ3v) is 4.31. The summed E-state index contributed by atoms with van der Waals surface area (Å²) in [7, 11) is 1.62. The molecule has 1 fully saturated rings. The molecule has 2 rings (SSSR count). The molecule has 2 unspecified atom stereocenters. The molecule has 0 spiro atoms. The summed E-state index contributed by atoms with van der Waals surface area (Å²) in [5.41, 5.74) is -0.545. The van der Waals surface area contributed by atoms with Crippen LogP contribution in [-0.4, -0.2) is 34.5 Å². The van der Waals surface area contributed by atoms with E-state index in [0.29, 0.717) is 17.5 Å². The van der Waals surface area contributed by atoms with Gasteiger partial charge in [0.05, 0.1) is 5.75 Å². The van der Waals surface area contributed by atoms with Crippen molar-refractivity contribution in [2.75, 3.05) is 18.6 Å². The quantitative estimate of drug-likeness (QED) is 0.817. The smallest absolute Gasteiger partial charge is 0.238 e. The number of nitrogens with zero attached hydrogens (tertiary/aromatic N) is 2. The lowest BCUT2D eigenvalue weighted by Gasteiger charge is -2.21. The number of aromatic nitrogens is 2. The van der Waals surface area contributed by atoms with E-state index < -0.39 is 5.60 Å². The summed E-state index contributed by atoms with van der Waals surface area (Å²) in [6.45, 7) is 3.91. The molecule has 2 heterocycles. The van der Waals surface area contributed by atoms with Crippen LogP contribution >= 0.6 is 11.8 Å². The van der Waals surface area contributed by atoms with E-state index in [4.69, 9.17) is 9.26 Å². The predicted molar refractivity (Wildman–Crippen MR) is 64.0 cm³/mol. The summed E-state index contributed by atoms with van der Waals surface area (Å²) < 4.78 is 10.6. The van der Waals surface area contributed by atoms with E-state index in [1.165, 1.54) is 0 Å². The lowest BCUT2D eigenvalue weighted by atomic mass is 10.0. The van der Waals surface area contributed by atoms with Crippen LogP contribution in [0.5, 0.6) is 0 Å². The highest BCUT2D eigenvalue weighted by atomic mass is 32.2. The maximum atomic E-state index is 11.6. The molecule has 1 aromatic rings. The first-order valence-corrected chi connectivity index (χ1v) is 6.76. The molecule has 0 amide bonds. The molecule has 0 saturated carbocycles. The van der Waals surface area contributed by atoms with Crippen LogP contribution in [0, 0.1) is 0 Å². The highest BCUT2D eigenvalue weighted by Gasteiger charge is 2.35. The summed E-state index contributed by atoms with van der Waals surface area (Å²) in [4.78, 5) is 15.9. The zero-order valence-electron chi connectivity index (χ0n) is 10.2. The van der Waals surface area contributed by atoms with Crippen molar-refractivity contribution in [2.45, 2.75) is 31.8 Å². The van der Waals surface area contributed by atoms with Crippen molar-refractivity contribution >= 4 is 17.5 Å². The first-order chi connectivity index (χ1) is 8.10. The van der Waals surface area contributed by atoms with Crippen LogP contribution in [0.15, 0.2) is 4.52 Å². The normalized spacial score (nSPS) is 23.9. The van der Waals surface area contributed by atoms with Crippen LogP contribution in [0.3, 0.4) is 0 Å². The largest absolute Gasteiger partial charge is 0.370 e. The Labute approximate surface area is 104 Å². The van der Waals surface area contributed by atoms with Gasteiger partial charge in [-0.15, -0.1) is 0 Å². The number of carbonyl (C=O) groups is 1. The minimum absolute atomic E-state index is 0.167. The van der Waals surface area contributed by atoms with Crippen molar-refractivity contribution in [2.24, 2.45) is 0 Å². The summed E-state index contributed by atoms with van der Waals surface area (Å²) in [6, 6.07) is 0. The molecule has 1 saturated heterocycles. The number of ketones is 1. The topological polar surface area (TPSA) is 65.2 Å². The molecule has 2 atom stereocenters. The Bertz CT molecular complexity index is 415. The van der Waals surface area contributed by atoms with E-state index in [2.05, 4.69) is 10.1 Å². The predicted octanol–water partition coefficient (Wildman–Crippen LogP) is 1.74. The summed E-state index contributed by atoms with van der Waals surface area (Å²) in [5.74, 6) is 2.14. The fourth-order valence-electron chi connectivity index (χ4n) is 1.67. The highest BCUT2D eigenvalue weighted by molar-refractivity contribution is 8.00. The van der Waals surface area contributed by atoms with Crippen LogP contribution in [0.25, 0.3) is 0 Å². The Kier molecular flexibility index (Phi) is 3.53. The number of hydrogen-bond donors (Lipinski definition) is 0. The Balaban J connectivity index is 2.24. The fourth-order valence-corrected chi connectivity index (χ4v) is 2.75. The molecular formula is C11H16N2O3S. The number of rotatable bonds is 4. The maximum Gasteiger partial charge on any atom is 0.238 e. The second kappa shape index (κ2) is 4.78. The lowest BCUT2D eigenvalue weighted by Crippen LogP contribution is -2.25. The monoisotopic (exact) mass is 256 g/mol. The second-order valence-electron chi connectivity index (χ2n) is 4.28. The van der Waals surface area contributed by atoms with Gasteiger partial charge in [0, 0.05) is 12.9 Å². The van der Waals surface area contributed by atoms with Crippen molar-refractivity contribution < 1.29 is 14.1 Å². The average Bonchev–Trinajstić information content (AvgIpc) is 2.96. The van der Waals surface area contributed by atoms with Crippen molar-refractivity contribution in [3.63, 3.8) is 0 Å². The highest BCUT2D eigenvalue weighted by Crippen LogP contribution is 2.31. The van der Waals surface area contributed by atoms with Gasteiger partial charge in [0.15, 0.2) is 5.78 Å². The number of Topliss-reactive ketones (excluding diaryl/α,β-unsaturated/α-hetero) is 1. The first-order valence-electron chi connectivity index (χ1n) is 5.60. The molecular weight excluding hydrogens is 240 g/mol. The van der Waals surface area contributed by atoms with Gasteiger partial charge in [-0.25, -0.2) is 0 Å². The van der Waals surface area contributed by atoms with Gasteiger partial charge >= 0.3 is 0 Å². The zero-order valence-corrected chi connectivity index (χ0v) is 11.0. The van der Waals surface area contributed by atoms with Crippen molar-refractivity contribution in [1.82, 2.24) is 10.1 Å². The average molecular weight is 256 g/mol. The number of hydrogen-bond acceptors (Lipinski definition) is 6. The molecule has 1 aromatic heterocycles. The van der Waals surface area contributed by atoms with Crippen molar-refractivity contribution in [3.05, 3.63) is 11.7 Å². The standard InChI is InChI=1S/C11H16N2O3S/c1-4-11(2,15-3)10-12-9(16-13-10)7-5-17-6-8(7)14/h7H,4-6H2,1-3H3. The first kappa shape index (κ1) is 12.6. The molecule has 1 aliphatic heterocycles. The zero-order chi connectivity index (χ0) is 12.5. The molecule has 6 heteroatoms. The number of thioether (sulfide) groups is 1. The second-order valence-corrected chi connectivity index (χ2v) is 5.31. The summed E-state index contributed by atoms with van der Waals surface area (Å²) in [5, 5.41) is 3.94. The van der Waals surface area contributed by atoms with Crippen LogP contribution in [0.4, 0.5) is 0 Å². The van der Waals surface area contributed by atoms with Crippen molar-refractivity contribution in [3.8, 4) is 0 Å².